The van der Waals surface area contributed by atoms with Crippen LogP contribution < -0.4 is 5.73 Å². The van der Waals surface area contributed by atoms with E-state index >= 15 is 0 Å². The second-order valence-corrected chi connectivity index (χ2v) is 7.90. The number of piperidine rings is 1. The Morgan fingerprint density at radius 1 is 1.11 bits per heavy atom. The summed E-state index contributed by atoms with van der Waals surface area (Å²) >= 11 is 0. The van der Waals surface area contributed by atoms with Gasteiger partial charge in [-0.25, -0.2) is 0 Å². The smallest absolute Gasteiger partial charge is 0.269 e. The largest absolute Gasteiger partial charge is 0.364 e. The Labute approximate surface area is 165 Å². The zero-order valence-electron chi connectivity index (χ0n) is 16.6. The third-order valence-corrected chi connectivity index (χ3v) is 5.41. The number of hydrogen-bond acceptors (Lipinski definition) is 4. The number of nitrogens with two attached hydrogens (primary N) is 1. The number of pyridine rings is 1. The Morgan fingerprint density at radius 3 is 2.61 bits per heavy atom. The van der Waals surface area contributed by atoms with E-state index < -0.39 is 5.91 Å². The number of nitrogens with zero attached hydrogens (tertiary/aromatic N) is 4. The first-order chi connectivity index (χ1) is 13.5. The van der Waals surface area contributed by atoms with Crippen LogP contribution in [0, 0.1) is 0 Å². The minimum absolute atomic E-state index is 0.149. The number of hydrogen-bond donors (Lipinski definition) is 1. The van der Waals surface area contributed by atoms with Crippen molar-refractivity contribution in [1.82, 2.24) is 19.7 Å². The number of likely N-dealkylation sites (tertiary alicyclic amines) is 1. The number of benzene rings is 1. The fourth-order valence-corrected chi connectivity index (χ4v) is 4.00. The summed E-state index contributed by atoms with van der Waals surface area (Å²) in [5.41, 5.74) is 10.1. The van der Waals surface area contributed by atoms with Crippen LogP contribution in [0.5, 0.6) is 0 Å². The summed E-state index contributed by atoms with van der Waals surface area (Å²) in [5, 5.41) is 5.23. The molecule has 4 rings (SSSR count). The van der Waals surface area contributed by atoms with E-state index in [9.17, 15) is 4.79 Å². The van der Waals surface area contributed by atoms with E-state index in [4.69, 9.17) is 5.73 Å². The lowest BCUT2D eigenvalue weighted by Crippen LogP contribution is -2.29. The molecule has 1 saturated heterocycles. The number of primary amides is 1. The molecule has 0 atom stereocenters. The predicted molar refractivity (Wildman–Crippen MR) is 111 cm³/mol. The molecule has 6 heteroatoms. The van der Waals surface area contributed by atoms with Crippen molar-refractivity contribution in [1.29, 1.82) is 0 Å². The molecular formula is C22H27N5O. The lowest BCUT2D eigenvalue weighted by atomic mass is 10.0. The first-order valence-electron chi connectivity index (χ1n) is 10.0. The monoisotopic (exact) mass is 377 g/mol. The van der Waals surface area contributed by atoms with E-state index in [1.54, 1.807) is 0 Å². The van der Waals surface area contributed by atoms with Crippen LogP contribution in [0.3, 0.4) is 0 Å². The maximum atomic E-state index is 11.9. The lowest BCUT2D eigenvalue weighted by Gasteiger charge is -2.26. The van der Waals surface area contributed by atoms with Crippen LogP contribution in [0.2, 0.25) is 0 Å². The summed E-state index contributed by atoms with van der Waals surface area (Å²) in [4.78, 5) is 18.9. The Morgan fingerprint density at radius 2 is 1.89 bits per heavy atom. The number of fused-ring (bicyclic) bond motifs is 1. The normalized spacial score (nSPS) is 15.4. The van der Waals surface area contributed by atoms with Crippen molar-refractivity contribution in [3.63, 3.8) is 0 Å². The average Bonchev–Trinajstić information content (AvgIpc) is 3.08. The summed E-state index contributed by atoms with van der Waals surface area (Å²) in [7, 11) is 0. The Balaban J connectivity index is 1.70. The van der Waals surface area contributed by atoms with Crippen LogP contribution in [0.15, 0.2) is 36.7 Å². The van der Waals surface area contributed by atoms with Gasteiger partial charge < -0.3 is 5.73 Å². The van der Waals surface area contributed by atoms with Gasteiger partial charge in [-0.05, 0) is 69.1 Å². The zero-order valence-corrected chi connectivity index (χ0v) is 16.6. The van der Waals surface area contributed by atoms with E-state index in [0.717, 1.165) is 41.7 Å². The standard InChI is InChI=1S/C22H27N5O/c1-15(2)27-20-7-6-17(11-19(20)21(25-27)22(23)28)18-10-16(12-24-13-18)14-26-8-4-3-5-9-26/h6-7,10-13,15H,3-5,8-9,14H2,1-2H3,(H2,23,28). The molecule has 0 saturated carbocycles. The molecule has 28 heavy (non-hydrogen) atoms. The molecule has 1 fully saturated rings. The summed E-state index contributed by atoms with van der Waals surface area (Å²) in [6.45, 7) is 7.33. The van der Waals surface area contributed by atoms with Crippen molar-refractivity contribution in [2.45, 2.75) is 45.7 Å². The highest BCUT2D eigenvalue weighted by Gasteiger charge is 2.17. The van der Waals surface area contributed by atoms with Gasteiger partial charge in [0.2, 0.25) is 0 Å². The molecular weight excluding hydrogens is 350 g/mol. The van der Waals surface area contributed by atoms with Crippen LogP contribution in [0.4, 0.5) is 0 Å². The fourth-order valence-electron chi connectivity index (χ4n) is 4.00. The topological polar surface area (TPSA) is 77.0 Å². The molecule has 0 spiro atoms. The third kappa shape index (κ3) is 3.64. The highest BCUT2D eigenvalue weighted by molar-refractivity contribution is 6.05. The number of amides is 1. The molecule has 146 valence electrons. The second-order valence-electron chi connectivity index (χ2n) is 7.90. The first kappa shape index (κ1) is 18.6. The summed E-state index contributed by atoms with van der Waals surface area (Å²) in [6.07, 6.45) is 7.71. The van der Waals surface area contributed by atoms with Gasteiger partial charge in [0.15, 0.2) is 5.69 Å². The summed E-state index contributed by atoms with van der Waals surface area (Å²) < 4.78 is 1.85. The van der Waals surface area contributed by atoms with Crippen LogP contribution in [0.1, 0.15) is 55.2 Å². The molecule has 1 aromatic carbocycles. The molecule has 0 radical (unpaired) electrons. The summed E-state index contributed by atoms with van der Waals surface area (Å²) in [6, 6.07) is 8.43. The summed E-state index contributed by atoms with van der Waals surface area (Å²) in [5.74, 6) is -0.501. The maximum absolute atomic E-state index is 11.9. The minimum Gasteiger partial charge on any atom is -0.364 e. The van der Waals surface area contributed by atoms with Crippen LogP contribution in [-0.4, -0.2) is 38.7 Å². The van der Waals surface area contributed by atoms with Crippen molar-refractivity contribution < 1.29 is 4.79 Å². The van der Waals surface area contributed by atoms with Gasteiger partial charge in [0, 0.05) is 35.9 Å². The molecule has 2 aromatic heterocycles. The number of rotatable bonds is 5. The fraction of sp³-hybridized carbons (Fsp3) is 0.409. The van der Waals surface area contributed by atoms with Crippen molar-refractivity contribution >= 4 is 16.8 Å². The van der Waals surface area contributed by atoms with Crippen LogP contribution in [0.25, 0.3) is 22.0 Å². The maximum Gasteiger partial charge on any atom is 0.269 e. The zero-order chi connectivity index (χ0) is 19.7. The number of carbonyl (C=O) groups excluding carboxylic acids is 1. The first-order valence-corrected chi connectivity index (χ1v) is 10.0. The van der Waals surface area contributed by atoms with Gasteiger partial charge in [0.25, 0.3) is 5.91 Å². The Kier molecular flexibility index (Phi) is 5.13. The van der Waals surface area contributed by atoms with Gasteiger partial charge in [0.05, 0.1) is 5.52 Å². The van der Waals surface area contributed by atoms with Crippen LogP contribution in [-0.2, 0) is 6.54 Å². The molecule has 0 bridgehead atoms. The molecule has 1 amide bonds. The van der Waals surface area contributed by atoms with E-state index in [2.05, 4.69) is 27.1 Å². The lowest BCUT2D eigenvalue weighted by molar-refractivity contribution is 0.0996. The Hall–Kier alpha value is -2.73. The molecule has 1 aliphatic rings. The van der Waals surface area contributed by atoms with Gasteiger partial charge in [-0.2, -0.15) is 5.10 Å². The van der Waals surface area contributed by atoms with Crippen molar-refractivity contribution in [2.75, 3.05) is 13.1 Å². The van der Waals surface area contributed by atoms with Crippen molar-refractivity contribution in [3.05, 3.63) is 47.9 Å². The van der Waals surface area contributed by atoms with E-state index in [1.165, 1.54) is 24.8 Å². The minimum atomic E-state index is -0.501. The molecule has 6 nitrogen and oxygen atoms in total. The molecule has 2 N–H and O–H groups in total. The van der Waals surface area contributed by atoms with Gasteiger partial charge in [0.1, 0.15) is 0 Å². The van der Waals surface area contributed by atoms with Crippen LogP contribution >= 0.6 is 0 Å². The average molecular weight is 377 g/mol. The van der Waals surface area contributed by atoms with Gasteiger partial charge in [-0.15, -0.1) is 0 Å². The van der Waals surface area contributed by atoms with Gasteiger partial charge in [-0.1, -0.05) is 12.5 Å². The molecule has 1 aliphatic heterocycles. The highest BCUT2D eigenvalue weighted by Crippen LogP contribution is 2.28. The molecule has 0 aliphatic carbocycles. The quantitative estimate of drug-likeness (QED) is 0.734. The van der Waals surface area contributed by atoms with Crippen molar-refractivity contribution in [3.8, 4) is 11.1 Å². The SMILES string of the molecule is CC(C)n1nc(C(N)=O)c2cc(-c3cncc(CN4CCCCC4)c3)ccc21. The molecule has 0 unspecified atom stereocenters. The highest BCUT2D eigenvalue weighted by atomic mass is 16.1. The molecule has 3 heterocycles. The van der Waals surface area contributed by atoms with E-state index in [-0.39, 0.29) is 6.04 Å². The predicted octanol–water partition coefficient (Wildman–Crippen LogP) is 3.76. The molecule has 3 aromatic rings. The Bertz CT molecular complexity index is 1000. The third-order valence-electron chi connectivity index (χ3n) is 5.41. The van der Waals surface area contributed by atoms with Gasteiger partial charge in [-0.3, -0.25) is 19.4 Å². The second kappa shape index (κ2) is 7.72. The van der Waals surface area contributed by atoms with E-state index in [0.29, 0.717) is 5.69 Å². The van der Waals surface area contributed by atoms with Gasteiger partial charge >= 0.3 is 0 Å². The van der Waals surface area contributed by atoms with Crippen molar-refractivity contribution in [2.24, 2.45) is 5.73 Å². The number of aromatic nitrogens is 3. The van der Waals surface area contributed by atoms with E-state index in [1.807, 2.05) is 43.1 Å². The number of carbonyl (C=O) groups is 1.